The maximum absolute atomic E-state index is 14.7. The number of methoxy groups -OCH3 is 1. The van der Waals surface area contributed by atoms with E-state index >= 15 is 0 Å². The number of hydrogen-bond acceptors (Lipinski definition) is 10. The summed E-state index contributed by atoms with van der Waals surface area (Å²) in [7, 11) is -0.584. The third kappa shape index (κ3) is 7.38. The van der Waals surface area contributed by atoms with Crippen molar-refractivity contribution in [2.45, 2.75) is 82.2 Å². The van der Waals surface area contributed by atoms with E-state index in [0.29, 0.717) is 42.1 Å². The first-order valence-electron chi connectivity index (χ1n) is 17.5. The number of benzene rings is 1. The summed E-state index contributed by atoms with van der Waals surface area (Å²) < 4.78 is 34.6. The van der Waals surface area contributed by atoms with Crippen molar-refractivity contribution in [1.29, 1.82) is 0 Å². The van der Waals surface area contributed by atoms with Crippen LogP contribution < -0.4 is 20.1 Å². The molecule has 0 bridgehead atoms. The summed E-state index contributed by atoms with van der Waals surface area (Å²) in [4.78, 5) is 57.5. The predicted octanol–water partition coefficient (Wildman–Crippen LogP) is 2.73. The topological polar surface area (TPSA) is 196 Å². The molecule has 3 aliphatic carbocycles. The Morgan fingerprint density at radius 3 is 2.38 bits per heavy atom. The molecule has 0 saturated heterocycles. The number of amides is 3. The van der Waals surface area contributed by atoms with Gasteiger partial charge in [0.25, 0.3) is 11.8 Å². The lowest BCUT2D eigenvalue weighted by atomic mass is 9.77. The second-order valence-corrected chi connectivity index (χ2v) is 17.2. The molecule has 2 aromatic heterocycles. The molecule has 3 aliphatic rings. The van der Waals surface area contributed by atoms with Crippen molar-refractivity contribution in [2.75, 3.05) is 7.11 Å². The van der Waals surface area contributed by atoms with E-state index in [1.807, 2.05) is 20.8 Å². The molecule has 1 aromatic carbocycles. The average molecular weight is 735 g/mol. The number of nitrogens with one attached hydrogen (secondary N) is 3. The zero-order valence-electron chi connectivity index (χ0n) is 30.0. The predicted molar refractivity (Wildman–Crippen MR) is 190 cm³/mol. The van der Waals surface area contributed by atoms with E-state index in [9.17, 15) is 27.6 Å². The highest BCUT2D eigenvalue weighted by Gasteiger charge is 2.62. The van der Waals surface area contributed by atoms with E-state index in [2.05, 4.69) is 37.3 Å². The van der Waals surface area contributed by atoms with Gasteiger partial charge in [-0.25, -0.2) is 8.42 Å². The Morgan fingerprint density at radius 1 is 1.10 bits per heavy atom. The minimum Gasteiger partial charge on any atom is -0.497 e. The Morgan fingerprint density at radius 2 is 1.79 bits per heavy atom. The van der Waals surface area contributed by atoms with Gasteiger partial charge in [-0.2, -0.15) is 4.80 Å². The number of ether oxygens (including phenoxy) is 1. The smallest absolute Gasteiger partial charge is 0.268 e. The number of rotatable bonds is 14. The first-order chi connectivity index (χ1) is 24.6. The van der Waals surface area contributed by atoms with E-state index in [0.717, 1.165) is 0 Å². The highest BCUT2D eigenvalue weighted by Crippen LogP contribution is 2.49. The van der Waals surface area contributed by atoms with Crippen molar-refractivity contribution in [3.05, 3.63) is 60.9 Å². The van der Waals surface area contributed by atoms with Gasteiger partial charge in [-0.1, -0.05) is 26.8 Å². The number of carbonyl (C=O) groups excluding carboxylic acids is 4. The van der Waals surface area contributed by atoms with Crippen LogP contribution >= 0.6 is 0 Å². The summed E-state index contributed by atoms with van der Waals surface area (Å²) in [6.45, 7) is 9.28. The number of aromatic nitrogens is 5. The fourth-order valence-electron chi connectivity index (χ4n) is 7.17. The van der Waals surface area contributed by atoms with Crippen molar-refractivity contribution < 1.29 is 32.3 Å². The number of tetrazole rings is 1. The number of carbonyl (C=O) groups is 4. The highest BCUT2D eigenvalue weighted by molar-refractivity contribution is 7.91. The van der Waals surface area contributed by atoms with Crippen molar-refractivity contribution in [3.8, 4) is 17.1 Å². The molecule has 3 saturated carbocycles. The molecule has 16 heteroatoms. The molecule has 3 N–H and O–H groups in total. The molecule has 2 unspecified atom stereocenters. The van der Waals surface area contributed by atoms with Gasteiger partial charge in [0.05, 0.1) is 24.4 Å². The van der Waals surface area contributed by atoms with Crippen LogP contribution in [-0.2, 0) is 31.5 Å². The van der Waals surface area contributed by atoms with Crippen LogP contribution in [0.2, 0.25) is 0 Å². The molecule has 3 amide bonds. The van der Waals surface area contributed by atoms with Crippen LogP contribution in [0.25, 0.3) is 11.4 Å². The van der Waals surface area contributed by atoms with Gasteiger partial charge < -0.3 is 19.9 Å². The summed E-state index contributed by atoms with van der Waals surface area (Å²) in [5.41, 5.74) is -1.15. The molecule has 0 aliphatic heterocycles. The Balaban J connectivity index is 1.30. The molecule has 3 fully saturated rings. The minimum absolute atomic E-state index is 0.132. The van der Waals surface area contributed by atoms with Crippen LogP contribution in [0.15, 0.2) is 55.3 Å². The lowest BCUT2D eigenvalue weighted by Gasteiger charge is -2.33. The summed E-state index contributed by atoms with van der Waals surface area (Å²) in [6.07, 6.45) is 5.18. The lowest BCUT2D eigenvalue weighted by Crippen LogP contribution is -2.56. The molecule has 2 heterocycles. The number of nitrogens with zero attached hydrogens (tertiary/aromatic N) is 5. The zero-order valence-corrected chi connectivity index (χ0v) is 30.9. The number of Topliss-reactive ketones (excluding diaryl/α,β-unsaturated/α-hetero) is 1. The van der Waals surface area contributed by atoms with Crippen LogP contribution in [0, 0.1) is 23.2 Å². The van der Waals surface area contributed by atoms with Gasteiger partial charge in [-0.05, 0) is 91.5 Å². The summed E-state index contributed by atoms with van der Waals surface area (Å²) in [6, 6.07) is 9.01. The number of allylic oxidation sites excluding steroid dienone is 1. The van der Waals surface area contributed by atoms with Crippen molar-refractivity contribution in [3.63, 3.8) is 0 Å². The summed E-state index contributed by atoms with van der Waals surface area (Å²) >= 11 is 0. The molecule has 52 heavy (non-hydrogen) atoms. The molecule has 6 atom stereocenters. The van der Waals surface area contributed by atoms with Crippen molar-refractivity contribution in [1.82, 2.24) is 40.1 Å². The first-order valence-corrected chi connectivity index (χ1v) is 19.0. The van der Waals surface area contributed by atoms with Crippen LogP contribution in [0.4, 0.5) is 0 Å². The second kappa shape index (κ2) is 13.9. The molecular formula is C36H46N8O7S. The Kier molecular flexibility index (Phi) is 9.89. The monoisotopic (exact) mass is 734 g/mol. The number of ketones is 1. The Hall–Kier alpha value is -4.86. The third-order valence-electron chi connectivity index (χ3n) is 10.5. The average Bonchev–Trinajstić information content (AvgIpc) is 3.87. The van der Waals surface area contributed by atoms with E-state index < -0.39 is 67.9 Å². The van der Waals surface area contributed by atoms with Crippen molar-refractivity contribution >= 4 is 33.5 Å². The van der Waals surface area contributed by atoms with Gasteiger partial charge in [-0.15, -0.1) is 16.8 Å². The van der Waals surface area contributed by atoms with E-state index in [-0.39, 0.29) is 31.0 Å². The zero-order chi connectivity index (χ0) is 37.6. The molecule has 0 radical (unpaired) electrons. The number of hydrogen-bond donors (Lipinski definition) is 3. The largest absolute Gasteiger partial charge is 0.497 e. The third-order valence-corrected chi connectivity index (χ3v) is 12.3. The Labute approximate surface area is 303 Å². The van der Waals surface area contributed by atoms with E-state index in [1.54, 1.807) is 67.4 Å². The van der Waals surface area contributed by atoms with Crippen LogP contribution in [-0.4, -0.2) is 80.6 Å². The maximum Gasteiger partial charge on any atom is 0.268 e. The maximum atomic E-state index is 14.7. The summed E-state index contributed by atoms with van der Waals surface area (Å²) in [5.74, 6) is -3.37. The van der Waals surface area contributed by atoms with Gasteiger partial charge in [0.1, 0.15) is 17.0 Å². The highest BCUT2D eigenvalue weighted by atomic mass is 32.2. The van der Waals surface area contributed by atoms with E-state index in [4.69, 9.17) is 4.74 Å². The fourth-order valence-corrected chi connectivity index (χ4v) is 8.53. The standard InChI is InChI=1S/C36H46N8O7S/c1-7-9-22-20-36(22,34(48)41-52(49,50)25-15-16-25)38-32(46)27-19-23(44-40-31(39-42-44)21-11-13-24(51-6)14-12-21)18-26(27)29(45)30(35(2,3)4)37-33(47)28-10-8-17-43(28)5/h7-8,10-14,17,22-23,25-27,30H,1,9,15-16,18-20H2,2-6H3,(H,37,47)(H,38,46)(H,41,48)/t22-,23+,26?,27-,30?,36+/m1/s1. The second-order valence-electron chi connectivity index (χ2n) is 15.2. The SMILES string of the molecule is C=CC[C@@H]1C[C@@]1(NC(=O)[C@@H]1C[C@@H](n2nnc(-c3ccc(OC)cc3)n2)CC1C(=O)C(NC(=O)c1cccn1C)C(C)(C)C)C(=O)NS(=O)(=O)C1CC1. The van der Waals surface area contributed by atoms with Crippen LogP contribution in [0.1, 0.15) is 75.8 Å². The quantitative estimate of drug-likeness (QED) is 0.207. The molecule has 0 spiro atoms. The van der Waals surface area contributed by atoms with Crippen LogP contribution in [0.3, 0.4) is 0 Å². The van der Waals surface area contributed by atoms with Gasteiger partial charge in [0.15, 0.2) is 5.78 Å². The van der Waals surface area contributed by atoms with Gasteiger partial charge in [-0.3, -0.25) is 23.9 Å². The van der Waals surface area contributed by atoms with Crippen molar-refractivity contribution in [2.24, 2.45) is 30.2 Å². The molecule has 6 rings (SSSR count). The lowest BCUT2D eigenvalue weighted by molar-refractivity contribution is -0.137. The van der Waals surface area contributed by atoms with Crippen LogP contribution in [0.5, 0.6) is 5.75 Å². The number of sulfonamides is 1. The van der Waals surface area contributed by atoms with Gasteiger partial charge in [0.2, 0.25) is 21.8 Å². The first kappa shape index (κ1) is 36.9. The summed E-state index contributed by atoms with van der Waals surface area (Å²) in [5, 5.41) is 18.3. The minimum atomic E-state index is -3.88. The normalized spacial score (nSPS) is 24.8. The van der Waals surface area contributed by atoms with E-state index in [1.165, 1.54) is 4.80 Å². The van der Waals surface area contributed by atoms with Gasteiger partial charge >= 0.3 is 0 Å². The number of aryl methyl sites for hydroxylation is 1. The fraction of sp³-hybridized carbons (Fsp3) is 0.528. The van der Waals surface area contributed by atoms with Gasteiger partial charge in [0, 0.05) is 30.6 Å². The molecular weight excluding hydrogens is 689 g/mol. The molecule has 278 valence electrons. The molecule has 15 nitrogen and oxygen atoms in total. The molecule has 3 aromatic rings. The Bertz CT molecular complexity index is 1980.